The van der Waals surface area contributed by atoms with Gasteiger partial charge in [-0.05, 0) is 36.9 Å². The minimum atomic E-state index is -1.07. The number of nitrogens with one attached hydrogen (secondary N) is 1. The Bertz CT molecular complexity index is 547. The third-order valence-corrected chi connectivity index (χ3v) is 4.10. The molecule has 1 aliphatic rings. The highest BCUT2D eigenvalue weighted by Crippen LogP contribution is 2.43. The zero-order valence-electron chi connectivity index (χ0n) is 12.0. The Morgan fingerprint density at radius 1 is 1.43 bits per heavy atom. The summed E-state index contributed by atoms with van der Waals surface area (Å²) in [6, 6.07) is 4.48. The molecule has 0 saturated heterocycles. The Morgan fingerprint density at radius 2 is 2.14 bits per heavy atom. The lowest BCUT2D eigenvalue weighted by atomic mass is 9.66. The maximum atomic E-state index is 12.1. The van der Waals surface area contributed by atoms with Crippen LogP contribution in [0.25, 0.3) is 0 Å². The molecule has 0 aromatic heterocycles. The highest BCUT2D eigenvalue weighted by Gasteiger charge is 2.37. The lowest BCUT2D eigenvalue weighted by Gasteiger charge is -2.40. The van der Waals surface area contributed by atoms with E-state index in [1.165, 1.54) is 19.2 Å². The van der Waals surface area contributed by atoms with Crippen LogP contribution >= 0.6 is 0 Å². The quantitative estimate of drug-likeness (QED) is 0.742. The van der Waals surface area contributed by atoms with E-state index in [-0.39, 0.29) is 22.6 Å². The number of aromatic carboxylic acids is 1. The summed E-state index contributed by atoms with van der Waals surface area (Å²) in [7, 11) is 1.39. The Morgan fingerprint density at radius 3 is 2.62 bits per heavy atom. The van der Waals surface area contributed by atoms with Crippen molar-refractivity contribution in [1.29, 1.82) is 0 Å². The molecule has 6 nitrogen and oxygen atoms in total. The largest absolute Gasteiger partial charge is 0.496 e. The summed E-state index contributed by atoms with van der Waals surface area (Å²) in [6.07, 6.45) is 3.48. The molecule has 1 aromatic carbocycles. The zero-order chi connectivity index (χ0) is 15.5. The highest BCUT2D eigenvalue weighted by atomic mass is 16.5. The van der Waals surface area contributed by atoms with Crippen molar-refractivity contribution < 1.29 is 19.4 Å². The number of methoxy groups -OCH3 is 1. The molecule has 0 atom stereocenters. The summed E-state index contributed by atoms with van der Waals surface area (Å²) in [5, 5.41) is 11.8. The van der Waals surface area contributed by atoms with Crippen LogP contribution in [0.5, 0.6) is 5.75 Å². The first-order valence-electron chi connectivity index (χ1n) is 6.91. The smallest absolute Gasteiger partial charge is 0.339 e. The molecule has 1 saturated carbocycles. The van der Waals surface area contributed by atoms with Crippen molar-refractivity contribution in [3.05, 3.63) is 23.8 Å². The van der Waals surface area contributed by atoms with Gasteiger partial charge in [-0.3, -0.25) is 4.79 Å². The average Bonchev–Trinajstić information content (AvgIpc) is 2.42. The van der Waals surface area contributed by atoms with Gasteiger partial charge < -0.3 is 20.9 Å². The van der Waals surface area contributed by atoms with Crippen LogP contribution in [0.4, 0.5) is 5.69 Å². The standard InChI is InChI=1S/C15H20N2O4/c1-21-12-7-10(3-4-11(12)14(19)20)17-13(18)8-15(9-16)5-2-6-15/h3-4,7H,2,5-6,8-9,16H2,1H3,(H,17,18)(H,19,20). The number of carboxylic acid groups (broad SMARTS) is 1. The fraction of sp³-hybridized carbons (Fsp3) is 0.467. The van der Waals surface area contributed by atoms with Gasteiger partial charge in [0.2, 0.25) is 5.91 Å². The minimum absolute atomic E-state index is 0.0603. The second-order valence-corrected chi connectivity index (χ2v) is 5.50. The summed E-state index contributed by atoms with van der Waals surface area (Å²) in [5.74, 6) is -0.955. The first-order valence-corrected chi connectivity index (χ1v) is 6.91. The van der Waals surface area contributed by atoms with Crippen LogP contribution in [0.15, 0.2) is 18.2 Å². The highest BCUT2D eigenvalue weighted by molar-refractivity contribution is 5.94. The molecule has 4 N–H and O–H groups in total. The SMILES string of the molecule is COc1cc(NC(=O)CC2(CN)CCC2)ccc1C(=O)O. The minimum Gasteiger partial charge on any atom is -0.496 e. The molecule has 1 fully saturated rings. The fourth-order valence-corrected chi connectivity index (χ4v) is 2.62. The van der Waals surface area contributed by atoms with Crippen molar-refractivity contribution in [2.24, 2.45) is 11.1 Å². The number of hydrogen-bond donors (Lipinski definition) is 3. The number of anilines is 1. The molecule has 6 heteroatoms. The van der Waals surface area contributed by atoms with Crippen molar-refractivity contribution in [3.63, 3.8) is 0 Å². The summed E-state index contributed by atoms with van der Waals surface area (Å²) in [6.45, 7) is 0.516. The molecule has 1 aromatic rings. The topological polar surface area (TPSA) is 102 Å². The van der Waals surface area contributed by atoms with Gasteiger partial charge in [0.15, 0.2) is 0 Å². The van der Waals surface area contributed by atoms with Crippen LogP contribution in [0.2, 0.25) is 0 Å². The summed E-state index contributed by atoms with van der Waals surface area (Å²) in [5.41, 5.74) is 6.27. The van der Waals surface area contributed by atoms with Gasteiger partial charge in [-0.25, -0.2) is 4.79 Å². The second kappa shape index (κ2) is 6.13. The number of nitrogens with two attached hydrogens (primary N) is 1. The first-order chi connectivity index (χ1) is 9.99. The van der Waals surface area contributed by atoms with Crippen molar-refractivity contribution in [2.75, 3.05) is 19.0 Å². The lowest BCUT2D eigenvalue weighted by molar-refractivity contribution is -0.119. The van der Waals surface area contributed by atoms with E-state index < -0.39 is 5.97 Å². The Balaban J connectivity index is 2.05. The van der Waals surface area contributed by atoms with Crippen LogP contribution in [0.3, 0.4) is 0 Å². The Kier molecular flexibility index (Phi) is 4.47. The van der Waals surface area contributed by atoms with E-state index in [0.29, 0.717) is 18.7 Å². The number of carbonyl (C=O) groups is 2. The van der Waals surface area contributed by atoms with E-state index in [1.54, 1.807) is 6.07 Å². The van der Waals surface area contributed by atoms with Crippen LogP contribution in [0.1, 0.15) is 36.0 Å². The normalized spacial score (nSPS) is 15.9. The summed E-state index contributed by atoms with van der Waals surface area (Å²) in [4.78, 5) is 23.1. The molecule has 21 heavy (non-hydrogen) atoms. The fourth-order valence-electron chi connectivity index (χ4n) is 2.62. The first kappa shape index (κ1) is 15.3. The molecule has 1 aliphatic carbocycles. The third kappa shape index (κ3) is 3.33. The number of amides is 1. The van der Waals surface area contributed by atoms with Crippen LogP contribution in [-0.2, 0) is 4.79 Å². The van der Waals surface area contributed by atoms with Crippen molar-refractivity contribution in [1.82, 2.24) is 0 Å². The van der Waals surface area contributed by atoms with Crippen molar-refractivity contribution >= 4 is 17.6 Å². The Labute approximate surface area is 123 Å². The van der Waals surface area contributed by atoms with Gasteiger partial charge in [0.25, 0.3) is 0 Å². The van der Waals surface area contributed by atoms with Crippen LogP contribution in [-0.4, -0.2) is 30.6 Å². The molecule has 114 valence electrons. The van der Waals surface area contributed by atoms with Gasteiger partial charge in [-0.1, -0.05) is 6.42 Å². The molecule has 2 rings (SSSR count). The Hall–Kier alpha value is -2.08. The van der Waals surface area contributed by atoms with E-state index in [2.05, 4.69) is 5.32 Å². The predicted molar refractivity (Wildman–Crippen MR) is 78.5 cm³/mol. The maximum absolute atomic E-state index is 12.1. The molecule has 0 unspecified atom stereocenters. The molecular weight excluding hydrogens is 272 g/mol. The van der Waals surface area contributed by atoms with E-state index in [0.717, 1.165) is 19.3 Å². The van der Waals surface area contributed by atoms with E-state index >= 15 is 0 Å². The van der Waals surface area contributed by atoms with Crippen molar-refractivity contribution in [3.8, 4) is 5.75 Å². The number of carboxylic acids is 1. The van der Waals surface area contributed by atoms with Crippen molar-refractivity contribution in [2.45, 2.75) is 25.7 Å². The number of rotatable bonds is 6. The van der Waals surface area contributed by atoms with Gasteiger partial charge in [0.05, 0.1) is 7.11 Å². The van der Waals surface area contributed by atoms with Gasteiger partial charge in [-0.15, -0.1) is 0 Å². The predicted octanol–water partition coefficient (Wildman–Crippen LogP) is 1.85. The number of hydrogen-bond acceptors (Lipinski definition) is 4. The van der Waals surface area contributed by atoms with E-state index in [1.807, 2.05) is 0 Å². The third-order valence-electron chi connectivity index (χ3n) is 4.10. The monoisotopic (exact) mass is 292 g/mol. The zero-order valence-corrected chi connectivity index (χ0v) is 12.0. The van der Waals surface area contributed by atoms with Gasteiger partial charge in [0, 0.05) is 18.2 Å². The summed E-state index contributed by atoms with van der Waals surface area (Å²) >= 11 is 0. The molecule has 0 radical (unpaired) electrons. The second-order valence-electron chi connectivity index (χ2n) is 5.50. The molecular formula is C15H20N2O4. The molecule has 0 spiro atoms. The number of benzene rings is 1. The summed E-state index contributed by atoms with van der Waals surface area (Å²) < 4.78 is 5.03. The maximum Gasteiger partial charge on any atom is 0.339 e. The molecule has 0 heterocycles. The van der Waals surface area contributed by atoms with Crippen LogP contribution < -0.4 is 15.8 Å². The van der Waals surface area contributed by atoms with E-state index in [9.17, 15) is 9.59 Å². The van der Waals surface area contributed by atoms with E-state index in [4.69, 9.17) is 15.6 Å². The average molecular weight is 292 g/mol. The van der Waals surface area contributed by atoms with Crippen LogP contribution in [0, 0.1) is 5.41 Å². The molecule has 1 amide bonds. The molecule has 0 bridgehead atoms. The van der Waals surface area contributed by atoms with Gasteiger partial charge >= 0.3 is 5.97 Å². The van der Waals surface area contributed by atoms with Gasteiger partial charge in [0.1, 0.15) is 11.3 Å². The number of carbonyl (C=O) groups excluding carboxylic acids is 1. The van der Waals surface area contributed by atoms with Gasteiger partial charge in [-0.2, -0.15) is 0 Å². The lowest BCUT2D eigenvalue weighted by Crippen LogP contribution is -2.40. The number of ether oxygens (including phenoxy) is 1. The molecule has 0 aliphatic heterocycles.